The van der Waals surface area contributed by atoms with E-state index in [0.717, 1.165) is 12.0 Å². The number of aliphatic hydroxyl groups is 1. The molecule has 0 aromatic heterocycles. The molecule has 2 unspecified atom stereocenters. The fourth-order valence-electron chi connectivity index (χ4n) is 2.45. The van der Waals surface area contributed by atoms with E-state index in [1.54, 1.807) is 13.0 Å². The van der Waals surface area contributed by atoms with E-state index < -0.39 is 10.0 Å². The van der Waals surface area contributed by atoms with Crippen LogP contribution in [-0.4, -0.2) is 32.8 Å². The maximum Gasteiger partial charge on any atom is 0.241 e. The summed E-state index contributed by atoms with van der Waals surface area (Å²) in [7, 11) is -3.65. The zero-order valence-corrected chi connectivity index (χ0v) is 14.5. The molecular formula is C14H20BrNO4S. The van der Waals surface area contributed by atoms with Gasteiger partial charge in [0.05, 0.1) is 18.1 Å². The predicted molar refractivity (Wildman–Crippen MR) is 83.5 cm³/mol. The van der Waals surface area contributed by atoms with Crippen molar-refractivity contribution < 1.29 is 18.3 Å². The molecule has 21 heavy (non-hydrogen) atoms. The molecule has 1 aliphatic heterocycles. The highest BCUT2D eigenvalue weighted by Gasteiger charge is 2.28. The maximum atomic E-state index is 12.6. The molecule has 1 heterocycles. The zero-order chi connectivity index (χ0) is 15.6. The molecule has 0 aliphatic carbocycles. The van der Waals surface area contributed by atoms with Gasteiger partial charge in [-0.3, -0.25) is 0 Å². The highest BCUT2D eigenvalue weighted by Crippen LogP contribution is 2.28. The summed E-state index contributed by atoms with van der Waals surface area (Å²) in [6.45, 7) is 4.73. The van der Waals surface area contributed by atoms with Crippen LogP contribution in [0.5, 0.6) is 0 Å². The van der Waals surface area contributed by atoms with Gasteiger partial charge in [-0.15, -0.1) is 0 Å². The minimum absolute atomic E-state index is 0.164. The van der Waals surface area contributed by atoms with Crippen molar-refractivity contribution in [3.63, 3.8) is 0 Å². The largest absolute Gasteiger partial charge is 0.392 e. The van der Waals surface area contributed by atoms with Gasteiger partial charge in [0.2, 0.25) is 10.0 Å². The molecule has 7 heteroatoms. The molecule has 2 atom stereocenters. The highest BCUT2D eigenvalue weighted by molar-refractivity contribution is 9.10. The van der Waals surface area contributed by atoms with Gasteiger partial charge in [0.15, 0.2) is 0 Å². The number of hydrogen-bond donors (Lipinski definition) is 2. The molecule has 0 amide bonds. The second-order valence-corrected chi connectivity index (χ2v) is 7.89. The number of aliphatic hydroxyl groups excluding tert-OH is 1. The minimum atomic E-state index is -3.65. The second-order valence-electron chi connectivity index (χ2n) is 5.42. The summed E-state index contributed by atoms with van der Waals surface area (Å²) in [5.41, 5.74) is 1.35. The third kappa shape index (κ3) is 3.84. The van der Waals surface area contributed by atoms with Crippen molar-refractivity contribution in [2.45, 2.75) is 37.8 Å². The Labute approximate surface area is 133 Å². The number of sulfonamides is 1. The molecule has 0 bridgehead atoms. The van der Waals surface area contributed by atoms with Crippen molar-refractivity contribution in [2.24, 2.45) is 5.92 Å². The fraction of sp³-hybridized carbons (Fsp3) is 0.571. The summed E-state index contributed by atoms with van der Waals surface area (Å²) in [5.74, 6) is 0.195. The minimum Gasteiger partial charge on any atom is -0.392 e. The monoisotopic (exact) mass is 377 g/mol. The van der Waals surface area contributed by atoms with E-state index in [2.05, 4.69) is 20.7 Å². The normalized spacial score (nSPS) is 20.7. The maximum absolute atomic E-state index is 12.6. The van der Waals surface area contributed by atoms with E-state index in [0.29, 0.717) is 23.2 Å². The lowest BCUT2D eigenvalue weighted by Crippen LogP contribution is -2.38. The number of aryl methyl sites for hydroxylation is 1. The van der Waals surface area contributed by atoms with Crippen LogP contribution < -0.4 is 4.72 Å². The summed E-state index contributed by atoms with van der Waals surface area (Å²) in [5, 5.41) is 9.25. The van der Waals surface area contributed by atoms with Crippen LogP contribution in [0.25, 0.3) is 0 Å². The Morgan fingerprint density at radius 2 is 2.24 bits per heavy atom. The van der Waals surface area contributed by atoms with Gasteiger partial charge in [0.25, 0.3) is 0 Å². The van der Waals surface area contributed by atoms with Crippen molar-refractivity contribution in [1.29, 1.82) is 0 Å². The zero-order valence-electron chi connectivity index (χ0n) is 12.1. The van der Waals surface area contributed by atoms with Crippen LogP contribution in [0.3, 0.4) is 0 Å². The number of nitrogens with one attached hydrogen (secondary N) is 1. The molecule has 0 spiro atoms. The molecule has 1 aromatic carbocycles. The number of ether oxygens (including phenoxy) is 1. The standard InChI is InChI=1S/C14H20BrNO4S/c1-9-5-11(7-17)6-13(14(9)15)21(18,19)16-10(2)12-3-4-20-8-12/h5-6,10,12,16-17H,3-4,7-8H2,1-2H3. The molecule has 2 N–H and O–H groups in total. The number of hydrogen-bond acceptors (Lipinski definition) is 4. The van der Waals surface area contributed by atoms with Crippen molar-refractivity contribution in [3.8, 4) is 0 Å². The quantitative estimate of drug-likeness (QED) is 0.821. The summed E-state index contributed by atoms with van der Waals surface area (Å²) < 4.78 is 33.7. The van der Waals surface area contributed by atoms with Gasteiger partial charge >= 0.3 is 0 Å². The van der Waals surface area contributed by atoms with Crippen LogP contribution in [0.15, 0.2) is 21.5 Å². The lowest BCUT2D eigenvalue weighted by atomic mass is 10.0. The molecule has 118 valence electrons. The first-order valence-electron chi connectivity index (χ1n) is 6.85. The van der Waals surface area contributed by atoms with Crippen molar-refractivity contribution in [1.82, 2.24) is 4.72 Å². The predicted octanol–water partition coefficient (Wildman–Crippen LogP) is 1.95. The Kier molecular flexibility index (Phi) is 5.43. The third-order valence-electron chi connectivity index (χ3n) is 3.77. The van der Waals surface area contributed by atoms with E-state index in [9.17, 15) is 13.5 Å². The third-order valence-corrected chi connectivity index (χ3v) is 6.66. The Morgan fingerprint density at radius 1 is 1.52 bits per heavy atom. The molecule has 1 aromatic rings. The average Bonchev–Trinajstić information content (AvgIpc) is 2.95. The number of rotatable bonds is 5. The van der Waals surface area contributed by atoms with Crippen LogP contribution in [0, 0.1) is 12.8 Å². The molecule has 0 radical (unpaired) electrons. The first-order valence-corrected chi connectivity index (χ1v) is 9.12. The Balaban J connectivity index is 2.28. The van der Waals surface area contributed by atoms with Gasteiger partial charge in [0.1, 0.15) is 0 Å². The van der Waals surface area contributed by atoms with E-state index in [1.165, 1.54) is 6.07 Å². The molecule has 1 fully saturated rings. The van der Waals surface area contributed by atoms with Crippen LogP contribution in [0.1, 0.15) is 24.5 Å². The fourth-order valence-corrected chi connectivity index (χ4v) is 4.83. The molecule has 1 aliphatic rings. The smallest absolute Gasteiger partial charge is 0.241 e. The molecule has 1 saturated heterocycles. The molecule has 5 nitrogen and oxygen atoms in total. The van der Waals surface area contributed by atoms with Gasteiger partial charge in [-0.05, 0) is 53.4 Å². The highest BCUT2D eigenvalue weighted by atomic mass is 79.9. The van der Waals surface area contributed by atoms with E-state index in [-0.39, 0.29) is 23.5 Å². The number of benzene rings is 1. The van der Waals surface area contributed by atoms with E-state index in [4.69, 9.17) is 4.74 Å². The molecular weight excluding hydrogens is 358 g/mol. The van der Waals surface area contributed by atoms with Crippen molar-refractivity contribution in [2.75, 3.05) is 13.2 Å². The Morgan fingerprint density at radius 3 is 2.81 bits per heavy atom. The number of halogens is 1. The lowest BCUT2D eigenvalue weighted by Gasteiger charge is -2.20. The van der Waals surface area contributed by atoms with Crippen molar-refractivity contribution >= 4 is 26.0 Å². The average molecular weight is 378 g/mol. The summed E-state index contributed by atoms with van der Waals surface area (Å²) >= 11 is 3.33. The van der Waals surface area contributed by atoms with Crippen LogP contribution in [-0.2, 0) is 21.4 Å². The van der Waals surface area contributed by atoms with Gasteiger partial charge in [0, 0.05) is 23.0 Å². The van der Waals surface area contributed by atoms with Gasteiger partial charge < -0.3 is 9.84 Å². The molecule has 2 rings (SSSR count). The molecule has 0 saturated carbocycles. The van der Waals surface area contributed by atoms with Crippen LogP contribution in [0.2, 0.25) is 0 Å². The van der Waals surface area contributed by atoms with Gasteiger partial charge in [-0.2, -0.15) is 0 Å². The SMILES string of the molecule is Cc1cc(CO)cc(S(=O)(=O)NC(C)C2CCOC2)c1Br. The summed E-state index contributed by atoms with van der Waals surface area (Å²) in [6.07, 6.45) is 0.862. The Bertz CT molecular complexity index is 612. The van der Waals surface area contributed by atoms with E-state index in [1.807, 2.05) is 6.92 Å². The van der Waals surface area contributed by atoms with Gasteiger partial charge in [-0.1, -0.05) is 6.07 Å². The summed E-state index contributed by atoms with van der Waals surface area (Å²) in [6, 6.07) is 3.07. The Hall–Kier alpha value is -0.470. The second kappa shape index (κ2) is 6.75. The lowest BCUT2D eigenvalue weighted by molar-refractivity contribution is 0.180. The van der Waals surface area contributed by atoms with E-state index >= 15 is 0 Å². The van der Waals surface area contributed by atoms with Crippen molar-refractivity contribution in [3.05, 3.63) is 27.7 Å². The van der Waals surface area contributed by atoms with Crippen LogP contribution >= 0.6 is 15.9 Å². The topological polar surface area (TPSA) is 75.6 Å². The van der Waals surface area contributed by atoms with Gasteiger partial charge in [-0.25, -0.2) is 13.1 Å². The first kappa shape index (κ1) is 16.9. The first-order chi connectivity index (χ1) is 9.85. The van der Waals surface area contributed by atoms with Crippen LogP contribution in [0.4, 0.5) is 0 Å². The summed E-state index contributed by atoms with van der Waals surface area (Å²) in [4.78, 5) is 0.164.